The maximum absolute atomic E-state index is 11.8. The molecule has 0 unspecified atom stereocenters. The van der Waals surface area contributed by atoms with E-state index in [2.05, 4.69) is 26.3 Å². The largest absolute Gasteiger partial charge is 0.353 e. The molecule has 1 fully saturated rings. The fourth-order valence-corrected chi connectivity index (χ4v) is 2.73. The molecule has 5 heteroatoms. The highest BCUT2D eigenvalue weighted by Crippen LogP contribution is 2.17. The van der Waals surface area contributed by atoms with E-state index in [0.717, 1.165) is 17.3 Å². The molecular formula is C13H20BrN3O. The van der Waals surface area contributed by atoms with Crippen LogP contribution in [0, 0.1) is 0 Å². The molecule has 1 saturated carbocycles. The molecule has 1 heterocycles. The summed E-state index contributed by atoms with van der Waals surface area (Å²) in [6.07, 6.45) is 11.5. The average molecular weight is 314 g/mol. The van der Waals surface area contributed by atoms with Crippen molar-refractivity contribution in [2.75, 3.05) is 0 Å². The number of rotatable bonds is 4. The van der Waals surface area contributed by atoms with Crippen molar-refractivity contribution in [1.82, 2.24) is 15.1 Å². The molecule has 1 aromatic heterocycles. The summed E-state index contributed by atoms with van der Waals surface area (Å²) in [7, 11) is 0. The second-order valence-corrected chi connectivity index (χ2v) is 5.84. The number of aryl methyl sites for hydroxylation is 1. The van der Waals surface area contributed by atoms with Gasteiger partial charge in [0.2, 0.25) is 5.91 Å². The first-order chi connectivity index (χ1) is 8.74. The van der Waals surface area contributed by atoms with Gasteiger partial charge in [0, 0.05) is 25.2 Å². The monoisotopic (exact) mass is 313 g/mol. The first kappa shape index (κ1) is 13.6. The minimum atomic E-state index is 0.147. The number of nitrogens with one attached hydrogen (secondary N) is 1. The Morgan fingerprint density at radius 1 is 1.39 bits per heavy atom. The molecule has 0 radical (unpaired) electrons. The predicted octanol–water partition coefficient (Wildman–Crippen LogP) is 2.87. The van der Waals surface area contributed by atoms with Crippen molar-refractivity contribution in [3.05, 3.63) is 16.9 Å². The maximum Gasteiger partial charge on any atom is 0.222 e. The number of hydrogen-bond acceptors (Lipinski definition) is 2. The predicted molar refractivity (Wildman–Crippen MR) is 74.2 cm³/mol. The molecular weight excluding hydrogens is 294 g/mol. The molecule has 4 nitrogen and oxygen atoms in total. The Balaban J connectivity index is 1.71. The maximum atomic E-state index is 11.8. The zero-order valence-electron chi connectivity index (χ0n) is 10.6. The van der Waals surface area contributed by atoms with E-state index in [9.17, 15) is 4.79 Å². The molecule has 0 aliphatic heterocycles. The first-order valence-electron chi connectivity index (χ1n) is 6.71. The molecule has 1 aromatic rings. The van der Waals surface area contributed by atoms with E-state index in [1.54, 1.807) is 10.9 Å². The molecule has 1 aliphatic carbocycles. The van der Waals surface area contributed by atoms with Crippen LogP contribution in [0.2, 0.25) is 0 Å². The molecule has 0 saturated heterocycles. The third kappa shape index (κ3) is 4.44. The van der Waals surface area contributed by atoms with Gasteiger partial charge in [-0.3, -0.25) is 9.48 Å². The van der Waals surface area contributed by atoms with Gasteiger partial charge in [-0.25, -0.2) is 0 Å². The Morgan fingerprint density at radius 3 is 2.72 bits per heavy atom. The molecule has 1 aliphatic rings. The van der Waals surface area contributed by atoms with Crippen LogP contribution < -0.4 is 5.32 Å². The molecule has 2 rings (SSSR count). The number of aromatic nitrogens is 2. The molecule has 18 heavy (non-hydrogen) atoms. The third-order valence-electron chi connectivity index (χ3n) is 3.39. The van der Waals surface area contributed by atoms with E-state index in [4.69, 9.17) is 0 Å². The van der Waals surface area contributed by atoms with Crippen LogP contribution in [0.25, 0.3) is 0 Å². The summed E-state index contributed by atoms with van der Waals surface area (Å²) in [6, 6.07) is 0.393. The Labute approximate surface area is 116 Å². The van der Waals surface area contributed by atoms with Crippen molar-refractivity contribution >= 4 is 21.8 Å². The van der Waals surface area contributed by atoms with Crippen molar-refractivity contribution < 1.29 is 4.79 Å². The van der Waals surface area contributed by atoms with E-state index < -0.39 is 0 Å². The summed E-state index contributed by atoms with van der Waals surface area (Å²) in [5.74, 6) is 0.147. The van der Waals surface area contributed by atoms with Crippen LogP contribution in [0.1, 0.15) is 44.9 Å². The topological polar surface area (TPSA) is 46.9 Å². The lowest BCUT2D eigenvalue weighted by Gasteiger charge is -2.16. The second-order valence-electron chi connectivity index (χ2n) is 4.93. The molecule has 1 amide bonds. The van der Waals surface area contributed by atoms with Gasteiger partial charge < -0.3 is 5.32 Å². The summed E-state index contributed by atoms with van der Waals surface area (Å²) < 4.78 is 2.74. The summed E-state index contributed by atoms with van der Waals surface area (Å²) in [4.78, 5) is 11.8. The number of amides is 1. The Hall–Kier alpha value is -0.840. The van der Waals surface area contributed by atoms with Gasteiger partial charge in [-0.1, -0.05) is 25.7 Å². The molecule has 0 aromatic carbocycles. The van der Waals surface area contributed by atoms with E-state index in [1.165, 1.54) is 25.7 Å². The van der Waals surface area contributed by atoms with Crippen LogP contribution in [0.5, 0.6) is 0 Å². The number of carbonyl (C=O) groups excluding carboxylic acids is 1. The fraction of sp³-hybridized carbons (Fsp3) is 0.692. The van der Waals surface area contributed by atoms with Gasteiger partial charge in [-0.2, -0.15) is 5.10 Å². The summed E-state index contributed by atoms with van der Waals surface area (Å²) >= 11 is 3.34. The van der Waals surface area contributed by atoms with E-state index >= 15 is 0 Å². The highest BCUT2D eigenvalue weighted by atomic mass is 79.9. The van der Waals surface area contributed by atoms with Crippen LogP contribution >= 0.6 is 15.9 Å². The number of nitrogens with zero attached hydrogens (tertiary/aromatic N) is 2. The van der Waals surface area contributed by atoms with Crippen molar-refractivity contribution in [2.24, 2.45) is 0 Å². The number of halogens is 1. The highest BCUT2D eigenvalue weighted by Gasteiger charge is 2.14. The van der Waals surface area contributed by atoms with Crippen LogP contribution in [0.15, 0.2) is 16.9 Å². The SMILES string of the molecule is O=C(CCn1cc(Br)cn1)NC1CCCCCC1. The standard InChI is InChI=1S/C13H20BrN3O/c14-11-9-15-17(10-11)8-7-13(18)16-12-5-3-1-2-4-6-12/h9-10,12H,1-8H2,(H,16,18). The molecule has 100 valence electrons. The Bertz CT molecular complexity index is 383. The van der Waals surface area contributed by atoms with Gasteiger partial charge in [0.1, 0.15) is 0 Å². The lowest BCUT2D eigenvalue weighted by molar-refractivity contribution is -0.122. The lowest BCUT2D eigenvalue weighted by Crippen LogP contribution is -2.34. The molecule has 1 N–H and O–H groups in total. The van der Waals surface area contributed by atoms with Gasteiger partial charge in [0.15, 0.2) is 0 Å². The second kappa shape index (κ2) is 6.92. The lowest BCUT2D eigenvalue weighted by atomic mass is 10.1. The van der Waals surface area contributed by atoms with Crippen molar-refractivity contribution in [1.29, 1.82) is 0 Å². The van der Waals surface area contributed by atoms with Gasteiger partial charge in [0.25, 0.3) is 0 Å². The van der Waals surface area contributed by atoms with Gasteiger partial charge in [-0.05, 0) is 28.8 Å². The van der Waals surface area contributed by atoms with Gasteiger partial charge >= 0.3 is 0 Å². The summed E-state index contributed by atoms with van der Waals surface area (Å²) in [6.45, 7) is 0.643. The van der Waals surface area contributed by atoms with Crippen LogP contribution in [-0.4, -0.2) is 21.7 Å². The smallest absolute Gasteiger partial charge is 0.222 e. The van der Waals surface area contributed by atoms with Crippen LogP contribution in [-0.2, 0) is 11.3 Å². The Morgan fingerprint density at radius 2 is 2.11 bits per heavy atom. The van der Waals surface area contributed by atoms with E-state index in [1.807, 2.05) is 6.20 Å². The molecule has 0 bridgehead atoms. The van der Waals surface area contributed by atoms with E-state index in [-0.39, 0.29) is 5.91 Å². The van der Waals surface area contributed by atoms with Crippen LogP contribution in [0.4, 0.5) is 0 Å². The average Bonchev–Trinajstić information content (AvgIpc) is 2.60. The minimum absolute atomic E-state index is 0.147. The molecule has 0 spiro atoms. The first-order valence-corrected chi connectivity index (χ1v) is 7.50. The van der Waals surface area contributed by atoms with Crippen molar-refractivity contribution in [3.63, 3.8) is 0 Å². The van der Waals surface area contributed by atoms with Crippen molar-refractivity contribution in [3.8, 4) is 0 Å². The molecule has 0 atom stereocenters. The zero-order chi connectivity index (χ0) is 12.8. The highest BCUT2D eigenvalue weighted by molar-refractivity contribution is 9.10. The fourth-order valence-electron chi connectivity index (χ4n) is 2.40. The number of hydrogen-bond donors (Lipinski definition) is 1. The zero-order valence-corrected chi connectivity index (χ0v) is 12.2. The summed E-state index contributed by atoms with van der Waals surface area (Å²) in [5, 5.41) is 7.28. The van der Waals surface area contributed by atoms with Crippen LogP contribution in [0.3, 0.4) is 0 Å². The minimum Gasteiger partial charge on any atom is -0.353 e. The van der Waals surface area contributed by atoms with Gasteiger partial charge in [-0.15, -0.1) is 0 Å². The Kier molecular flexibility index (Phi) is 5.23. The quantitative estimate of drug-likeness (QED) is 0.869. The number of carbonyl (C=O) groups is 1. The van der Waals surface area contributed by atoms with Gasteiger partial charge in [0.05, 0.1) is 10.7 Å². The normalized spacial score (nSPS) is 17.4. The summed E-state index contributed by atoms with van der Waals surface area (Å²) in [5.41, 5.74) is 0. The van der Waals surface area contributed by atoms with Crippen molar-refractivity contribution in [2.45, 2.75) is 57.5 Å². The third-order valence-corrected chi connectivity index (χ3v) is 3.80. The van der Waals surface area contributed by atoms with E-state index in [0.29, 0.717) is 19.0 Å².